The second-order valence-corrected chi connectivity index (χ2v) is 12.6. The first-order valence-electron chi connectivity index (χ1n) is 15.1. The number of hydrogen-bond donors (Lipinski definition) is 2. The Hall–Kier alpha value is -4.22. The van der Waals surface area contributed by atoms with Gasteiger partial charge < -0.3 is 34.3 Å². The maximum atomic E-state index is 14.0. The Morgan fingerprint density at radius 1 is 0.956 bits per heavy atom. The molecular formula is C34H34F2N2O7. The molecule has 0 spiro atoms. The Balaban J connectivity index is 1.09. The lowest BCUT2D eigenvalue weighted by Gasteiger charge is -2.33. The minimum atomic E-state index is -3.71. The summed E-state index contributed by atoms with van der Waals surface area (Å²) in [4.78, 5) is 27.0. The molecule has 0 unspecified atom stereocenters. The molecule has 3 aliphatic heterocycles. The van der Waals surface area contributed by atoms with Gasteiger partial charge in [0.05, 0.1) is 18.1 Å². The Morgan fingerprint density at radius 2 is 1.76 bits per heavy atom. The highest BCUT2D eigenvalue weighted by Gasteiger charge is 2.50. The second kappa shape index (κ2) is 10.7. The van der Waals surface area contributed by atoms with Crippen LogP contribution >= 0.6 is 0 Å². The summed E-state index contributed by atoms with van der Waals surface area (Å²) in [5.74, 6) is -1.14. The molecule has 1 aliphatic carbocycles. The number of nitrogens with one attached hydrogen (secondary N) is 2. The summed E-state index contributed by atoms with van der Waals surface area (Å²) in [7, 11) is 0. The fourth-order valence-electron chi connectivity index (χ4n) is 6.26. The molecule has 11 heteroatoms. The lowest BCUT2D eigenvalue weighted by Crippen LogP contribution is -2.40. The average molecular weight is 621 g/mol. The van der Waals surface area contributed by atoms with E-state index in [-0.39, 0.29) is 29.4 Å². The summed E-state index contributed by atoms with van der Waals surface area (Å²) >= 11 is 0. The van der Waals surface area contributed by atoms with Gasteiger partial charge in [-0.3, -0.25) is 9.59 Å². The van der Waals surface area contributed by atoms with E-state index in [1.807, 2.05) is 45.0 Å². The van der Waals surface area contributed by atoms with Crippen LogP contribution in [-0.2, 0) is 19.8 Å². The highest BCUT2D eigenvalue weighted by molar-refractivity contribution is 5.94. The first-order chi connectivity index (χ1) is 21.4. The maximum absolute atomic E-state index is 14.0. The first-order valence-corrected chi connectivity index (χ1v) is 15.1. The molecule has 4 aliphatic rings. The fourth-order valence-corrected chi connectivity index (χ4v) is 6.26. The molecule has 2 fully saturated rings. The van der Waals surface area contributed by atoms with Gasteiger partial charge in [0, 0.05) is 24.1 Å². The number of carbonyl (C=O) groups excluding carboxylic acids is 2. The molecule has 9 nitrogen and oxygen atoms in total. The van der Waals surface area contributed by atoms with E-state index in [1.54, 1.807) is 24.3 Å². The molecule has 3 aromatic carbocycles. The van der Waals surface area contributed by atoms with Gasteiger partial charge in [-0.1, -0.05) is 30.3 Å². The number of ether oxygens (including phenoxy) is 5. The van der Waals surface area contributed by atoms with Crippen molar-refractivity contribution in [3.05, 3.63) is 88.5 Å². The van der Waals surface area contributed by atoms with Gasteiger partial charge in [0.25, 0.3) is 5.91 Å². The number of hydrogen-bond acceptors (Lipinski definition) is 7. The first kappa shape index (κ1) is 29.5. The molecule has 45 heavy (non-hydrogen) atoms. The van der Waals surface area contributed by atoms with Crippen LogP contribution in [0.4, 0.5) is 8.78 Å². The highest BCUT2D eigenvalue weighted by Crippen LogP contribution is 2.51. The molecule has 0 radical (unpaired) electrons. The zero-order valence-electron chi connectivity index (χ0n) is 25.2. The zero-order valence-corrected chi connectivity index (χ0v) is 25.2. The molecule has 2 N–H and O–H groups in total. The largest absolute Gasteiger partial charge is 0.586 e. The van der Waals surface area contributed by atoms with Crippen molar-refractivity contribution in [3.8, 4) is 17.2 Å². The Labute approximate surface area is 259 Å². The summed E-state index contributed by atoms with van der Waals surface area (Å²) in [5, 5.41) is 6.13. The number of aryl methyl sites for hydroxylation is 1. The van der Waals surface area contributed by atoms with Crippen molar-refractivity contribution in [2.75, 3.05) is 13.2 Å². The van der Waals surface area contributed by atoms with E-state index in [9.17, 15) is 18.4 Å². The molecule has 236 valence electrons. The van der Waals surface area contributed by atoms with Gasteiger partial charge in [0.15, 0.2) is 17.3 Å². The van der Waals surface area contributed by atoms with Crippen molar-refractivity contribution in [1.82, 2.24) is 10.6 Å². The monoisotopic (exact) mass is 620 g/mol. The molecule has 0 bridgehead atoms. The number of benzene rings is 3. The second-order valence-electron chi connectivity index (χ2n) is 12.6. The summed E-state index contributed by atoms with van der Waals surface area (Å²) < 4.78 is 54.2. The summed E-state index contributed by atoms with van der Waals surface area (Å²) in [6.45, 7) is 6.34. The zero-order chi connectivity index (χ0) is 31.6. The molecular weight excluding hydrogens is 586 g/mol. The molecule has 0 aromatic heterocycles. The number of alkyl halides is 2. The smallest absolute Gasteiger partial charge is 0.485 e. The van der Waals surface area contributed by atoms with Crippen molar-refractivity contribution in [1.29, 1.82) is 0 Å². The number of amides is 2. The van der Waals surface area contributed by atoms with Gasteiger partial charge in [0.2, 0.25) is 5.91 Å². The fraction of sp³-hybridized carbons (Fsp3) is 0.412. The van der Waals surface area contributed by atoms with Crippen LogP contribution in [0, 0.1) is 6.92 Å². The number of rotatable bonds is 7. The average Bonchev–Trinajstić information content (AvgIpc) is 3.59. The van der Waals surface area contributed by atoms with Crippen LogP contribution in [0.2, 0.25) is 0 Å². The van der Waals surface area contributed by atoms with Crippen molar-refractivity contribution in [3.63, 3.8) is 0 Å². The summed E-state index contributed by atoms with van der Waals surface area (Å²) in [6.07, 6.45) is -2.77. The van der Waals surface area contributed by atoms with E-state index < -0.39 is 29.6 Å². The third-order valence-electron chi connectivity index (χ3n) is 8.72. The van der Waals surface area contributed by atoms with Gasteiger partial charge in [-0.05, 0) is 80.6 Å². The summed E-state index contributed by atoms with van der Waals surface area (Å²) in [6, 6.07) is 17.6. The van der Waals surface area contributed by atoms with E-state index in [4.69, 9.17) is 14.2 Å². The van der Waals surface area contributed by atoms with Crippen LogP contribution in [0.15, 0.2) is 60.7 Å². The Bertz CT molecular complexity index is 1670. The van der Waals surface area contributed by atoms with E-state index in [0.29, 0.717) is 49.3 Å². The molecule has 3 aromatic rings. The number of halogens is 2. The van der Waals surface area contributed by atoms with Gasteiger partial charge in [-0.25, -0.2) is 0 Å². The standard InChI is InChI=1S/C34H34F2N2O7/c1-19-7-9-24-25(31(40)38-33(11-12-33)22-8-10-26-29(15-22)45-34(35,36)44-26)16-27(42-28(24)13-19)20-5-4-6-21(14-20)30(39)37-17-23-18-41-32(2,3)43-23/h4-10,13-15,23,25,27H,11-12,16-18H2,1-3H3,(H,37,39)(H,38,40)/t23-,25-,27-/m1/s1. The van der Waals surface area contributed by atoms with E-state index in [2.05, 4.69) is 20.1 Å². The third kappa shape index (κ3) is 5.94. The summed E-state index contributed by atoms with van der Waals surface area (Å²) in [5.41, 5.74) is 2.99. The topological polar surface area (TPSA) is 104 Å². The molecule has 3 heterocycles. The minimum Gasteiger partial charge on any atom is -0.485 e. The van der Waals surface area contributed by atoms with Crippen LogP contribution < -0.4 is 24.8 Å². The molecule has 7 rings (SSSR count). The van der Waals surface area contributed by atoms with E-state index in [0.717, 1.165) is 16.7 Å². The predicted octanol–water partition coefficient (Wildman–Crippen LogP) is 5.61. The number of carbonyl (C=O) groups is 2. The van der Waals surface area contributed by atoms with E-state index >= 15 is 0 Å². The lowest BCUT2D eigenvalue weighted by molar-refractivity contribution is -0.286. The Kier molecular flexibility index (Phi) is 7.01. The van der Waals surface area contributed by atoms with Gasteiger partial charge in [0.1, 0.15) is 18.0 Å². The Morgan fingerprint density at radius 3 is 2.51 bits per heavy atom. The van der Waals surface area contributed by atoms with Gasteiger partial charge in [-0.15, -0.1) is 8.78 Å². The van der Waals surface area contributed by atoms with E-state index in [1.165, 1.54) is 12.1 Å². The van der Waals surface area contributed by atoms with Gasteiger partial charge in [-0.2, -0.15) is 0 Å². The SMILES string of the molecule is Cc1ccc2c(c1)O[C@@H](c1cccc(C(=O)NC[C@@H]3COC(C)(C)O3)c1)C[C@H]2C(=O)NC1(c2ccc3c(c2)OC(F)(F)O3)CC1. The predicted molar refractivity (Wildman–Crippen MR) is 157 cm³/mol. The van der Waals surface area contributed by atoms with Crippen LogP contribution in [-0.4, -0.2) is 43.2 Å². The normalized spacial score (nSPS) is 24.7. The number of fused-ring (bicyclic) bond motifs is 2. The molecule has 1 saturated heterocycles. The highest BCUT2D eigenvalue weighted by atomic mass is 19.3. The minimum absolute atomic E-state index is 0.0387. The molecule has 2 amide bonds. The van der Waals surface area contributed by atoms with Crippen molar-refractivity contribution in [2.45, 2.75) is 75.8 Å². The van der Waals surface area contributed by atoms with Crippen LogP contribution in [0.3, 0.4) is 0 Å². The van der Waals surface area contributed by atoms with Crippen molar-refractivity contribution >= 4 is 11.8 Å². The van der Waals surface area contributed by atoms with Crippen LogP contribution in [0.25, 0.3) is 0 Å². The molecule has 3 atom stereocenters. The molecule has 1 saturated carbocycles. The maximum Gasteiger partial charge on any atom is 0.586 e. The third-order valence-corrected chi connectivity index (χ3v) is 8.72. The van der Waals surface area contributed by atoms with Crippen molar-refractivity contribution in [2.24, 2.45) is 0 Å². The lowest BCUT2D eigenvalue weighted by atomic mass is 9.85. The van der Waals surface area contributed by atoms with Crippen LogP contribution in [0.1, 0.15) is 77.7 Å². The van der Waals surface area contributed by atoms with Crippen LogP contribution in [0.5, 0.6) is 17.2 Å². The quantitative estimate of drug-likeness (QED) is 0.354. The van der Waals surface area contributed by atoms with Crippen molar-refractivity contribution < 1.29 is 42.1 Å². The van der Waals surface area contributed by atoms with Gasteiger partial charge >= 0.3 is 6.29 Å².